The molecular formula is C20H18Cl2N2O4. The highest BCUT2D eigenvalue weighted by Crippen LogP contribution is 2.38. The van der Waals surface area contributed by atoms with Crippen molar-refractivity contribution >= 4 is 46.4 Å². The van der Waals surface area contributed by atoms with E-state index in [9.17, 15) is 9.59 Å². The van der Waals surface area contributed by atoms with Crippen molar-refractivity contribution in [2.24, 2.45) is 0 Å². The number of aryl methyl sites for hydroxylation is 1. The van der Waals surface area contributed by atoms with Gasteiger partial charge in [-0.05, 0) is 37.6 Å². The molecule has 0 saturated carbocycles. The van der Waals surface area contributed by atoms with Crippen molar-refractivity contribution in [2.75, 3.05) is 23.9 Å². The zero-order valence-corrected chi connectivity index (χ0v) is 17.0. The standard InChI is InChI=1S/C20H18Cl2N2O4/c1-4-28-15-8-6-5-7-14(15)24-19(25)17(22)18(20(24)26)23-13-9-11(2)12(21)10-16(13)27-3/h5-10,23H,4H2,1-3H3. The minimum Gasteiger partial charge on any atom is -0.495 e. The zero-order chi connectivity index (χ0) is 20.4. The number of rotatable bonds is 6. The largest absolute Gasteiger partial charge is 0.495 e. The van der Waals surface area contributed by atoms with Crippen molar-refractivity contribution in [3.8, 4) is 11.5 Å². The summed E-state index contributed by atoms with van der Waals surface area (Å²) in [7, 11) is 1.48. The summed E-state index contributed by atoms with van der Waals surface area (Å²) in [4.78, 5) is 26.7. The van der Waals surface area contributed by atoms with Crippen molar-refractivity contribution in [1.82, 2.24) is 0 Å². The van der Waals surface area contributed by atoms with E-state index in [1.807, 2.05) is 13.8 Å². The molecule has 1 aliphatic heterocycles. The average Bonchev–Trinajstić information content (AvgIpc) is 2.88. The Morgan fingerprint density at radius 2 is 1.79 bits per heavy atom. The first-order chi connectivity index (χ1) is 13.4. The molecule has 0 saturated heterocycles. The molecule has 0 atom stereocenters. The second-order valence-electron chi connectivity index (χ2n) is 5.96. The van der Waals surface area contributed by atoms with Gasteiger partial charge >= 0.3 is 0 Å². The molecule has 0 fully saturated rings. The quantitative estimate of drug-likeness (QED) is 0.697. The maximum atomic E-state index is 13.0. The number of amides is 2. The number of anilines is 2. The highest BCUT2D eigenvalue weighted by atomic mass is 35.5. The molecule has 0 aromatic heterocycles. The number of nitrogens with one attached hydrogen (secondary N) is 1. The first-order valence-corrected chi connectivity index (χ1v) is 9.26. The van der Waals surface area contributed by atoms with Crippen LogP contribution in [0.1, 0.15) is 12.5 Å². The molecule has 1 N–H and O–H groups in total. The molecule has 3 rings (SSSR count). The number of halogens is 2. The Morgan fingerprint density at radius 3 is 2.46 bits per heavy atom. The zero-order valence-electron chi connectivity index (χ0n) is 15.5. The first kappa shape index (κ1) is 20.0. The number of hydrogen-bond acceptors (Lipinski definition) is 5. The van der Waals surface area contributed by atoms with Crippen LogP contribution in [0.25, 0.3) is 0 Å². The molecule has 2 aromatic carbocycles. The van der Waals surface area contributed by atoms with Crippen LogP contribution in [0.4, 0.5) is 11.4 Å². The van der Waals surface area contributed by atoms with Crippen molar-refractivity contribution in [3.63, 3.8) is 0 Å². The fourth-order valence-corrected chi connectivity index (χ4v) is 3.18. The molecule has 0 spiro atoms. The van der Waals surface area contributed by atoms with Gasteiger partial charge in [-0.3, -0.25) is 9.59 Å². The third kappa shape index (κ3) is 3.53. The fourth-order valence-electron chi connectivity index (χ4n) is 2.81. The molecule has 0 aliphatic carbocycles. The van der Waals surface area contributed by atoms with Gasteiger partial charge in [-0.15, -0.1) is 0 Å². The maximum absolute atomic E-state index is 13.0. The number of imide groups is 1. The van der Waals surface area contributed by atoms with Crippen LogP contribution in [0, 0.1) is 6.92 Å². The smallest absolute Gasteiger partial charge is 0.283 e. The monoisotopic (exact) mass is 420 g/mol. The van der Waals surface area contributed by atoms with Crippen molar-refractivity contribution in [2.45, 2.75) is 13.8 Å². The van der Waals surface area contributed by atoms with Gasteiger partial charge in [0.05, 0.1) is 25.1 Å². The highest BCUT2D eigenvalue weighted by molar-refractivity contribution is 6.53. The Balaban J connectivity index is 1.98. The number of carbonyl (C=O) groups excluding carboxylic acids is 2. The maximum Gasteiger partial charge on any atom is 0.283 e. The van der Waals surface area contributed by atoms with Crippen molar-refractivity contribution in [1.29, 1.82) is 0 Å². The molecule has 2 amide bonds. The molecule has 28 heavy (non-hydrogen) atoms. The molecule has 8 heteroatoms. The Bertz CT molecular complexity index is 988. The number of ether oxygens (including phenoxy) is 2. The summed E-state index contributed by atoms with van der Waals surface area (Å²) < 4.78 is 10.8. The Labute approximate surface area is 172 Å². The van der Waals surface area contributed by atoms with Crippen LogP contribution in [-0.2, 0) is 9.59 Å². The Kier molecular flexibility index (Phi) is 5.82. The van der Waals surface area contributed by atoms with Crippen LogP contribution in [0.5, 0.6) is 11.5 Å². The number of hydrogen-bond donors (Lipinski definition) is 1. The fraction of sp³-hybridized carbons (Fsp3) is 0.200. The second kappa shape index (κ2) is 8.12. The SMILES string of the molecule is CCOc1ccccc1N1C(=O)C(Cl)=C(Nc2cc(C)c(Cl)cc2OC)C1=O. The van der Waals surface area contributed by atoms with E-state index in [0.717, 1.165) is 10.5 Å². The Morgan fingerprint density at radius 1 is 1.07 bits per heavy atom. The summed E-state index contributed by atoms with van der Waals surface area (Å²) in [5, 5.41) is 3.22. The van der Waals surface area contributed by atoms with Gasteiger partial charge in [-0.1, -0.05) is 35.3 Å². The Hall–Kier alpha value is -2.70. The van der Waals surface area contributed by atoms with Gasteiger partial charge in [0, 0.05) is 11.1 Å². The van der Waals surface area contributed by atoms with Crippen LogP contribution in [0.2, 0.25) is 5.02 Å². The minimum atomic E-state index is -0.633. The average molecular weight is 421 g/mol. The molecule has 0 radical (unpaired) electrons. The predicted molar refractivity (Wildman–Crippen MR) is 109 cm³/mol. The second-order valence-corrected chi connectivity index (χ2v) is 6.75. The molecule has 6 nitrogen and oxygen atoms in total. The topological polar surface area (TPSA) is 67.9 Å². The summed E-state index contributed by atoms with van der Waals surface area (Å²) in [5.41, 5.74) is 1.53. The van der Waals surface area contributed by atoms with Crippen LogP contribution in [0.3, 0.4) is 0 Å². The van der Waals surface area contributed by atoms with E-state index >= 15 is 0 Å². The molecular weight excluding hydrogens is 403 g/mol. The van der Waals surface area contributed by atoms with Gasteiger partial charge in [-0.2, -0.15) is 0 Å². The minimum absolute atomic E-state index is 0.0435. The number of nitrogens with zero attached hydrogens (tertiary/aromatic N) is 1. The number of carbonyl (C=O) groups is 2. The lowest BCUT2D eigenvalue weighted by molar-refractivity contribution is -0.120. The van der Waals surface area contributed by atoms with Crippen LogP contribution in [0.15, 0.2) is 47.1 Å². The summed E-state index contributed by atoms with van der Waals surface area (Å²) in [6.07, 6.45) is 0. The van der Waals surface area contributed by atoms with Crippen molar-refractivity contribution in [3.05, 3.63) is 57.7 Å². The first-order valence-electron chi connectivity index (χ1n) is 8.50. The van der Waals surface area contributed by atoms with Gasteiger partial charge in [0.15, 0.2) is 0 Å². The summed E-state index contributed by atoms with van der Waals surface area (Å²) >= 11 is 12.3. The van der Waals surface area contributed by atoms with E-state index in [2.05, 4.69) is 5.32 Å². The lowest BCUT2D eigenvalue weighted by Crippen LogP contribution is -2.32. The van der Waals surface area contributed by atoms with Gasteiger partial charge in [0.2, 0.25) is 0 Å². The van der Waals surface area contributed by atoms with E-state index in [4.69, 9.17) is 32.7 Å². The van der Waals surface area contributed by atoms with Crippen LogP contribution in [-0.4, -0.2) is 25.5 Å². The van der Waals surface area contributed by atoms with E-state index in [1.54, 1.807) is 36.4 Å². The molecule has 1 heterocycles. The summed E-state index contributed by atoms with van der Waals surface area (Å²) in [6, 6.07) is 10.1. The normalized spacial score (nSPS) is 14.0. The number of methoxy groups -OCH3 is 1. The third-order valence-corrected chi connectivity index (χ3v) is 4.93. The lowest BCUT2D eigenvalue weighted by atomic mass is 10.2. The highest BCUT2D eigenvalue weighted by Gasteiger charge is 2.40. The molecule has 0 unspecified atom stereocenters. The number of para-hydroxylation sites is 2. The molecule has 146 valence electrons. The summed E-state index contributed by atoms with van der Waals surface area (Å²) in [6.45, 7) is 4.02. The van der Waals surface area contributed by atoms with Gasteiger partial charge in [-0.25, -0.2) is 4.90 Å². The summed E-state index contributed by atoms with van der Waals surface area (Å²) in [5.74, 6) is -0.388. The number of benzene rings is 2. The van der Waals surface area contributed by atoms with E-state index in [1.165, 1.54) is 7.11 Å². The van der Waals surface area contributed by atoms with Gasteiger partial charge in [0.1, 0.15) is 22.2 Å². The molecule has 2 aromatic rings. The van der Waals surface area contributed by atoms with E-state index in [-0.39, 0.29) is 10.7 Å². The van der Waals surface area contributed by atoms with E-state index < -0.39 is 11.8 Å². The molecule has 0 bridgehead atoms. The van der Waals surface area contributed by atoms with Crippen molar-refractivity contribution < 1.29 is 19.1 Å². The van der Waals surface area contributed by atoms with Crippen LogP contribution < -0.4 is 19.7 Å². The molecule has 1 aliphatic rings. The lowest BCUT2D eigenvalue weighted by Gasteiger charge is -2.19. The third-order valence-electron chi connectivity index (χ3n) is 4.17. The van der Waals surface area contributed by atoms with E-state index in [0.29, 0.717) is 34.5 Å². The van der Waals surface area contributed by atoms with Crippen LogP contribution >= 0.6 is 23.2 Å². The van der Waals surface area contributed by atoms with Gasteiger partial charge < -0.3 is 14.8 Å². The van der Waals surface area contributed by atoms with Gasteiger partial charge in [0.25, 0.3) is 11.8 Å². The predicted octanol–water partition coefficient (Wildman–Crippen LogP) is 4.49.